The lowest BCUT2D eigenvalue weighted by molar-refractivity contribution is -0.137. The molecule has 1 aliphatic heterocycles. The molecular weight excluding hydrogens is 311 g/mol. The van der Waals surface area contributed by atoms with E-state index in [1.807, 2.05) is 0 Å². The average Bonchev–Trinajstić information content (AvgIpc) is 3.12. The van der Waals surface area contributed by atoms with E-state index in [1.165, 1.54) is 6.07 Å². The number of nitrogens with zero attached hydrogens (tertiary/aromatic N) is 2. The summed E-state index contributed by atoms with van der Waals surface area (Å²) in [5, 5.41) is 2.76. The molecule has 1 saturated heterocycles. The number of aryl methyl sites for hydroxylation is 1. The Labute approximate surface area is 130 Å². The SMILES string of the molecule is Cn1c(CNC(=O)[C@H]2CCOC2)nc2cc(C(F)(F)F)ccc21. The fourth-order valence-corrected chi connectivity index (χ4v) is 2.64. The number of carbonyl (C=O) groups is 1. The molecule has 1 aromatic heterocycles. The molecule has 1 amide bonds. The maximum Gasteiger partial charge on any atom is 0.416 e. The van der Waals surface area contributed by atoms with Crippen molar-refractivity contribution in [2.45, 2.75) is 19.1 Å². The topological polar surface area (TPSA) is 56.2 Å². The van der Waals surface area contributed by atoms with Crippen molar-refractivity contribution in [2.24, 2.45) is 13.0 Å². The van der Waals surface area contributed by atoms with Crippen molar-refractivity contribution in [3.63, 3.8) is 0 Å². The van der Waals surface area contributed by atoms with Crippen molar-refractivity contribution in [1.29, 1.82) is 0 Å². The van der Waals surface area contributed by atoms with Gasteiger partial charge in [0.25, 0.3) is 0 Å². The highest BCUT2D eigenvalue weighted by Crippen LogP contribution is 2.31. The quantitative estimate of drug-likeness (QED) is 0.941. The molecule has 0 aliphatic carbocycles. The van der Waals surface area contributed by atoms with Crippen LogP contribution in [0, 0.1) is 5.92 Å². The lowest BCUT2D eigenvalue weighted by Crippen LogP contribution is -2.31. The van der Waals surface area contributed by atoms with Crippen LogP contribution in [0.25, 0.3) is 11.0 Å². The number of amides is 1. The largest absolute Gasteiger partial charge is 0.416 e. The first kappa shape index (κ1) is 15.8. The molecule has 3 rings (SSSR count). The maximum absolute atomic E-state index is 12.7. The van der Waals surface area contributed by atoms with E-state index >= 15 is 0 Å². The predicted molar refractivity (Wildman–Crippen MR) is 76.5 cm³/mol. The Hall–Kier alpha value is -2.09. The molecule has 1 aliphatic rings. The van der Waals surface area contributed by atoms with E-state index in [4.69, 9.17) is 4.74 Å². The normalized spacial score (nSPS) is 18.5. The number of alkyl halides is 3. The zero-order valence-corrected chi connectivity index (χ0v) is 12.5. The average molecular weight is 327 g/mol. The van der Waals surface area contributed by atoms with Gasteiger partial charge in [0, 0.05) is 13.7 Å². The molecule has 1 aromatic carbocycles. The number of halogens is 3. The number of benzene rings is 1. The van der Waals surface area contributed by atoms with Gasteiger partial charge in [-0.1, -0.05) is 0 Å². The van der Waals surface area contributed by atoms with Crippen molar-refractivity contribution in [2.75, 3.05) is 13.2 Å². The van der Waals surface area contributed by atoms with Gasteiger partial charge < -0.3 is 14.6 Å². The van der Waals surface area contributed by atoms with Crippen LogP contribution in [0.3, 0.4) is 0 Å². The summed E-state index contributed by atoms with van der Waals surface area (Å²) >= 11 is 0. The second-order valence-electron chi connectivity index (χ2n) is 5.57. The highest BCUT2D eigenvalue weighted by atomic mass is 19.4. The van der Waals surface area contributed by atoms with Gasteiger partial charge in [0.15, 0.2) is 0 Å². The smallest absolute Gasteiger partial charge is 0.381 e. The van der Waals surface area contributed by atoms with E-state index in [-0.39, 0.29) is 23.9 Å². The number of nitrogens with one attached hydrogen (secondary N) is 1. The van der Waals surface area contributed by atoms with E-state index in [0.29, 0.717) is 31.0 Å². The molecule has 124 valence electrons. The van der Waals surface area contributed by atoms with E-state index in [1.54, 1.807) is 11.6 Å². The molecule has 5 nitrogen and oxygen atoms in total. The van der Waals surface area contributed by atoms with Crippen LogP contribution in [-0.2, 0) is 29.3 Å². The van der Waals surface area contributed by atoms with Gasteiger partial charge in [-0.25, -0.2) is 4.98 Å². The molecular formula is C15H16F3N3O2. The second kappa shape index (κ2) is 5.84. The first-order chi connectivity index (χ1) is 10.9. The number of imidazole rings is 1. The van der Waals surface area contributed by atoms with Gasteiger partial charge in [0.2, 0.25) is 5.91 Å². The summed E-state index contributed by atoms with van der Waals surface area (Å²) in [6.07, 6.45) is -3.72. The van der Waals surface area contributed by atoms with Crippen LogP contribution < -0.4 is 5.32 Å². The Morgan fingerprint density at radius 3 is 2.91 bits per heavy atom. The third-order valence-corrected chi connectivity index (χ3v) is 4.02. The third kappa shape index (κ3) is 3.17. The van der Waals surface area contributed by atoms with E-state index in [9.17, 15) is 18.0 Å². The standard InChI is InChI=1S/C15H16F3N3O2/c1-21-12-3-2-10(15(16,17)18)6-11(12)20-13(21)7-19-14(22)9-4-5-23-8-9/h2-3,6,9H,4-5,7-8H2,1H3,(H,19,22)/t9-/m0/s1. The Morgan fingerprint density at radius 2 is 2.26 bits per heavy atom. The summed E-state index contributed by atoms with van der Waals surface area (Å²) in [7, 11) is 1.71. The zero-order valence-electron chi connectivity index (χ0n) is 12.5. The van der Waals surface area contributed by atoms with Crippen LogP contribution in [-0.4, -0.2) is 28.7 Å². The summed E-state index contributed by atoms with van der Waals surface area (Å²) in [5.74, 6) is 0.221. The van der Waals surface area contributed by atoms with Crippen molar-refractivity contribution in [3.8, 4) is 0 Å². The maximum atomic E-state index is 12.7. The van der Waals surface area contributed by atoms with Crippen LogP contribution in [0.2, 0.25) is 0 Å². The van der Waals surface area contributed by atoms with Gasteiger partial charge in [0.1, 0.15) is 5.82 Å². The van der Waals surface area contributed by atoms with E-state index < -0.39 is 11.7 Å². The summed E-state index contributed by atoms with van der Waals surface area (Å²) in [4.78, 5) is 16.2. The van der Waals surface area contributed by atoms with Crippen LogP contribution >= 0.6 is 0 Å². The van der Waals surface area contributed by atoms with Crippen molar-refractivity contribution in [1.82, 2.24) is 14.9 Å². The van der Waals surface area contributed by atoms with Crippen molar-refractivity contribution in [3.05, 3.63) is 29.6 Å². The second-order valence-corrected chi connectivity index (χ2v) is 5.57. The van der Waals surface area contributed by atoms with Crippen LogP contribution in [0.4, 0.5) is 13.2 Å². The molecule has 0 saturated carbocycles. The number of ether oxygens (including phenoxy) is 1. The summed E-state index contributed by atoms with van der Waals surface area (Å²) in [6.45, 7) is 1.15. The van der Waals surface area contributed by atoms with Gasteiger partial charge in [-0.15, -0.1) is 0 Å². The summed E-state index contributed by atoms with van der Waals surface area (Å²) in [6, 6.07) is 3.44. The van der Waals surface area contributed by atoms with Crippen molar-refractivity contribution >= 4 is 16.9 Å². The monoisotopic (exact) mass is 327 g/mol. The number of carbonyl (C=O) groups excluding carboxylic acids is 1. The molecule has 0 bridgehead atoms. The zero-order chi connectivity index (χ0) is 16.6. The lowest BCUT2D eigenvalue weighted by atomic mass is 10.1. The number of hydrogen-bond acceptors (Lipinski definition) is 3. The highest BCUT2D eigenvalue weighted by molar-refractivity contribution is 5.79. The molecule has 2 aromatic rings. The first-order valence-corrected chi connectivity index (χ1v) is 7.24. The number of fused-ring (bicyclic) bond motifs is 1. The molecule has 0 radical (unpaired) electrons. The lowest BCUT2D eigenvalue weighted by Gasteiger charge is -2.09. The van der Waals surface area contributed by atoms with Crippen LogP contribution in [0.1, 0.15) is 17.8 Å². The Kier molecular flexibility index (Phi) is 4.01. The molecule has 8 heteroatoms. The van der Waals surface area contributed by atoms with Gasteiger partial charge in [0.05, 0.1) is 35.7 Å². The van der Waals surface area contributed by atoms with E-state index in [0.717, 1.165) is 12.1 Å². The first-order valence-electron chi connectivity index (χ1n) is 7.24. The van der Waals surface area contributed by atoms with Gasteiger partial charge in [-0.3, -0.25) is 4.79 Å². The Morgan fingerprint density at radius 1 is 1.48 bits per heavy atom. The van der Waals surface area contributed by atoms with E-state index in [2.05, 4.69) is 10.3 Å². The molecule has 0 unspecified atom stereocenters. The summed E-state index contributed by atoms with van der Waals surface area (Å²) in [5.41, 5.74) is 0.115. The number of rotatable bonds is 3. The minimum absolute atomic E-state index is 0.120. The Balaban J connectivity index is 1.78. The number of aromatic nitrogens is 2. The number of hydrogen-bond donors (Lipinski definition) is 1. The summed E-state index contributed by atoms with van der Waals surface area (Å²) < 4.78 is 45.1. The van der Waals surface area contributed by atoms with Crippen LogP contribution in [0.5, 0.6) is 0 Å². The molecule has 1 fully saturated rings. The molecule has 0 spiro atoms. The fraction of sp³-hybridized carbons (Fsp3) is 0.467. The fourth-order valence-electron chi connectivity index (χ4n) is 2.64. The Bertz CT molecular complexity index is 733. The minimum atomic E-state index is -4.40. The van der Waals surface area contributed by atoms with Gasteiger partial charge >= 0.3 is 6.18 Å². The van der Waals surface area contributed by atoms with Gasteiger partial charge in [-0.2, -0.15) is 13.2 Å². The third-order valence-electron chi connectivity index (χ3n) is 4.02. The molecule has 1 atom stereocenters. The van der Waals surface area contributed by atoms with Crippen molar-refractivity contribution < 1.29 is 22.7 Å². The molecule has 23 heavy (non-hydrogen) atoms. The highest BCUT2D eigenvalue weighted by Gasteiger charge is 2.31. The van der Waals surface area contributed by atoms with Gasteiger partial charge in [-0.05, 0) is 24.6 Å². The molecule has 1 N–H and O–H groups in total. The van der Waals surface area contributed by atoms with Crippen LogP contribution in [0.15, 0.2) is 18.2 Å². The minimum Gasteiger partial charge on any atom is -0.381 e. The molecule has 2 heterocycles. The predicted octanol–water partition coefficient (Wildman–Crippen LogP) is 2.24.